The summed E-state index contributed by atoms with van der Waals surface area (Å²) in [6.07, 6.45) is 7.37. The Morgan fingerprint density at radius 2 is 1.88 bits per heavy atom. The maximum Gasteiger partial charge on any atom is 0.410 e. The molecule has 4 aromatic heterocycles. The van der Waals surface area contributed by atoms with Crippen LogP contribution in [0.5, 0.6) is 0 Å². The normalized spacial score (nSPS) is 17.5. The lowest BCUT2D eigenvalue weighted by Crippen LogP contribution is -2.47. The van der Waals surface area contributed by atoms with Crippen LogP contribution in [0.15, 0.2) is 18.6 Å². The number of rotatable bonds is 3. The molecule has 4 aromatic rings. The molecule has 1 spiro atoms. The molecular formula is C31H39N5O3S. The molecule has 0 atom stereocenters. The van der Waals surface area contributed by atoms with Gasteiger partial charge in [0.2, 0.25) is 0 Å². The van der Waals surface area contributed by atoms with Gasteiger partial charge in [0, 0.05) is 35.1 Å². The lowest BCUT2D eigenvalue weighted by atomic mass is 9.90. The number of hydrogen-bond donors (Lipinski definition) is 1. The van der Waals surface area contributed by atoms with E-state index in [0.717, 1.165) is 24.1 Å². The third kappa shape index (κ3) is 4.43. The standard InChI is InChI=1S/C31H39N5O3S/c1-17(2)23-24-20(5)26(21-13-31(38-15-21)9-11-35(12-10-31)29(37)39-30(6,7)8)40-28(24)34-25(23)22-14-36-27(32-16-33-36)19(4)18(22)3/h13-14,16-17,34H,9-12,15H2,1-8H3. The van der Waals surface area contributed by atoms with Crippen LogP contribution in [0.1, 0.15) is 80.5 Å². The zero-order valence-electron chi connectivity index (χ0n) is 24.8. The van der Waals surface area contributed by atoms with Gasteiger partial charge < -0.3 is 19.4 Å². The van der Waals surface area contributed by atoms with E-state index in [2.05, 4.69) is 62.0 Å². The van der Waals surface area contributed by atoms with E-state index >= 15 is 0 Å². The molecule has 1 saturated heterocycles. The van der Waals surface area contributed by atoms with Crippen molar-refractivity contribution in [1.82, 2.24) is 24.5 Å². The van der Waals surface area contributed by atoms with Crippen LogP contribution in [0.4, 0.5) is 4.79 Å². The Hall–Kier alpha value is -3.17. The lowest BCUT2D eigenvalue weighted by molar-refractivity contribution is -0.0318. The Morgan fingerprint density at radius 3 is 2.55 bits per heavy atom. The number of aromatic amines is 1. The first kappa shape index (κ1) is 27.0. The predicted octanol–water partition coefficient (Wildman–Crippen LogP) is 7.17. The number of piperidine rings is 1. The number of nitrogens with zero attached hydrogens (tertiary/aromatic N) is 4. The maximum absolute atomic E-state index is 12.6. The number of thiophene rings is 1. The fourth-order valence-electron chi connectivity index (χ4n) is 6.22. The smallest absolute Gasteiger partial charge is 0.410 e. The molecule has 1 amide bonds. The van der Waals surface area contributed by atoms with Gasteiger partial charge in [0.1, 0.15) is 16.8 Å². The molecule has 1 N–H and O–H groups in total. The molecular weight excluding hydrogens is 522 g/mol. The largest absolute Gasteiger partial charge is 0.444 e. The quantitative estimate of drug-likeness (QED) is 0.287. The molecule has 6 rings (SSSR count). The highest BCUT2D eigenvalue weighted by Crippen LogP contribution is 2.47. The van der Waals surface area contributed by atoms with Gasteiger partial charge in [-0.2, -0.15) is 5.10 Å². The van der Waals surface area contributed by atoms with Crippen molar-refractivity contribution >= 4 is 38.9 Å². The predicted molar refractivity (Wildman–Crippen MR) is 160 cm³/mol. The molecule has 6 heterocycles. The molecule has 2 aliphatic heterocycles. The number of aromatic nitrogens is 4. The van der Waals surface area contributed by atoms with E-state index in [1.165, 1.54) is 48.6 Å². The number of aryl methyl sites for hydroxylation is 2. The van der Waals surface area contributed by atoms with E-state index in [0.29, 0.717) is 25.6 Å². The van der Waals surface area contributed by atoms with E-state index in [-0.39, 0.29) is 11.7 Å². The van der Waals surface area contributed by atoms with Crippen LogP contribution < -0.4 is 0 Å². The Balaban J connectivity index is 1.32. The SMILES string of the molecule is Cc1c(-c2[nH]c3sc(C4=CC5(CCN(C(=O)OC(C)(C)C)CC5)OC4)c(C)c3c2C(C)C)cn2ncnc2c1C. The number of fused-ring (bicyclic) bond motifs is 2. The highest BCUT2D eigenvalue weighted by Gasteiger charge is 2.40. The second-order valence-corrected chi connectivity index (χ2v) is 13.7. The first-order valence-electron chi connectivity index (χ1n) is 14.2. The minimum Gasteiger partial charge on any atom is -0.444 e. The molecule has 0 aromatic carbocycles. The summed E-state index contributed by atoms with van der Waals surface area (Å²) in [6.45, 7) is 18.7. The summed E-state index contributed by atoms with van der Waals surface area (Å²) in [6, 6.07) is 0. The van der Waals surface area contributed by atoms with Gasteiger partial charge in [-0.3, -0.25) is 0 Å². The summed E-state index contributed by atoms with van der Waals surface area (Å²) >= 11 is 1.82. The van der Waals surface area contributed by atoms with Crippen molar-refractivity contribution in [3.63, 3.8) is 0 Å². The zero-order chi connectivity index (χ0) is 28.6. The molecule has 40 heavy (non-hydrogen) atoms. The molecule has 0 unspecified atom stereocenters. The number of ether oxygens (including phenoxy) is 2. The van der Waals surface area contributed by atoms with Gasteiger partial charge in [0.05, 0.1) is 17.9 Å². The summed E-state index contributed by atoms with van der Waals surface area (Å²) in [4.78, 5) is 25.1. The molecule has 2 aliphatic rings. The van der Waals surface area contributed by atoms with Gasteiger partial charge in [-0.1, -0.05) is 13.8 Å². The van der Waals surface area contributed by atoms with Crippen LogP contribution in [0.2, 0.25) is 0 Å². The lowest BCUT2D eigenvalue weighted by Gasteiger charge is -2.38. The van der Waals surface area contributed by atoms with Crippen LogP contribution in [-0.2, 0) is 9.47 Å². The molecule has 0 radical (unpaired) electrons. The van der Waals surface area contributed by atoms with Crippen LogP contribution in [0, 0.1) is 20.8 Å². The monoisotopic (exact) mass is 561 g/mol. The number of pyridine rings is 1. The van der Waals surface area contributed by atoms with E-state index in [1.807, 2.05) is 41.5 Å². The number of hydrogen-bond acceptors (Lipinski definition) is 6. The van der Waals surface area contributed by atoms with Crippen LogP contribution in [0.3, 0.4) is 0 Å². The zero-order valence-corrected chi connectivity index (χ0v) is 25.6. The molecule has 8 nitrogen and oxygen atoms in total. The van der Waals surface area contributed by atoms with E-state index < -0.39 is 5.60 Å². The van der Waals surface area contributed by atoms with E-state index in [9.17, 15) is 4.79 Å². The average Bonchev–Trinajstić information content (AvgIpc) is 3.65. The number of nitrogens with one attached hydrogen (secondary N) is 1. The Morgan fingerprint density at radius 1 is 1.15 bits per heavy atom. The van der Waals surface area contributed by atoms with Gasteiger partial charge >= 0.3 is 6.09 Å². The van der Waals surface area contributed by atoms with Gasteiger partial charge in [-0.05, 0) is 94.2 Å². The molecule has 0 bridgehead atoms. The van der Waals surface area contributed by atoms with Crippen LogP contribution in [-0.4, -0.2) is 61.5 Å². The van der Waals surface area contributed by atoms with Crippen LogP contribution >= 0.6 is 11.3 Å². The molecule has 1 fully saturated rings. The Bertz CT molecular complexity index is 1660. The van der Waals surface area contributed by atoms with Crippen molar-refractivity contribution in [2.75, 3.05) is 19.7 Å². The number of carbonyl (C=O) groups excluding carboxylic acids is 1. The topological polar surface area (TPSA) is 84.8 Å². The van der Waals surface area contributed by atoms with Gasteiger partial charge in [0.25, 0.3) is 0 Å². The highest BCUT2D eigenvalue weighted by atomic mass is 32.1. The van der Waals surface area contributed by atoms with Crippen molar-refractivity contribution in [3.8, 4) is 11.3 Å². The van der Waals surface area contributed by atoms with Gasteiger partial charge in [0.15, 0.2) is 5.65 Å². The Kier molecular flexibility index (Phi) is 6.38. The summed E-state index contributed by atoms with van der Waals surface area (Å²) < 4.78 is 13.9. The molecule has 212 valence electrons. The van der Waals surface area contributed by atoms with Crippen molar-refractivity contribution in [2.45, 2.75) is 85.4 Å². The molecule has 0 saturated carbocycles. The van der Waals surface area contributed by atoms with Crippen molar-refractivity contribution in [2.24, 2.45) is 0 Å². The third-order valence-electron chi connectivity index (χ3n) is 8.40. The molecule has 9 heteroatoms. The summed E-state index contributed by atoms with van der Waals surface area (Å²) in [5, 5.41) is 5.74. The fourth-order valence-corrected chi connectivity index (χ4v) is 7.44. The third-order valence-corrected chi connectivity index (χ3v) is 9.69. The van der Waals surface area contributed by atoms with E-state index in [1.54, 1.807) is 6.33 Å². The maximum atomic E-state index is 12.6. The second kappa shape index (κ2) is 9.45. The first-order valence-corrected chi connectivity index (χ1v) is 15.0. The summed E-state index contributed by atoms with van der Waals surface area (Å²) in [7, 11) is 0. The van der Waals surface area contributed by atoms with Crippen molar-refractivity contribution in [1.29, 1.82) is 0 Å². The Labute approximate surface area is 239 Å². The number of amides is 1. The minimum atomic E-state index is -0.488. The van der Waals surface area contributed by atoms with E-state index in [4.69, 9.17) is 9.47 Å². The minimum absolute atomic E-state index is 0.238. The fraction of sp³-hybridized carbons (Fsp3) is 0.516. The van der Waals surface area contributed by atoms with Crippen molar-refractivity contribution < 1.29 is 14.3 Å². The van der Waals surface area contributed by atoms with Crippen LogP contribution in [0.25, 0.3) is 32.7 Å². The summed E-state index contributed by atoms with van der Waals surface area (Å²) in [5.41, 5.74) is 8.72. The van der Waals surface area contributed by atoms with Crippen molar-refractivity contribution in [3.05, 3.63) is 45.7 Å². The average molecular weight is 562 g/mol. The second-order valence-electron chi connectivity index (χ2n) is 12.6. The van der Waals surface area contributed by atoms with Gasteiger partial charge in [-0.25, -0.2) is 14.3 Å². The number of carbonyl (C=O) groups is 1. The van der Waals surface area contributed by atoms with Gasteiger partial charge in [-0.15, -0.1) is 11.3 Å². The number of likely N-dealkylation sites (tertiary alicyclic amines) is 1. The summed E-state index contributed by atoms with van der Waals surface area (Å²) in [5.74, 6) is 0.341. The first-order chi connectivity index (χ1) is 18.9. The molecule has 0 aliphatic carbocycles. The number of H-pyrrole nitrogens is 1. The highest BCUT2D eigenvalue weighted by molar-refractivity contribution is 7.20.